The molecule has 2 amide bonds. The second-order valence-corrected chi connectivity index (χ2v) is 5.48. The van der Waals surface area contributed by atoms with Gasteiger partial charge in [-0.3, -0.25) is 4.79 Å². The molecule has 0 aromatic heterocycles. The van der Waals surface area contributed by atoms with Crippen molar-refractivity contribution in [2.24, 2.45) is 0 Å². The van der Waals surface area contributed by atoms with Crippen LogP contribution in [0.3, 0.4) is 0 Å². The van der Waals surface area contributed by atoms with Crippen molar-refractivity contribution in [1.82, 2.24) is 4.90 Å². The molecule has 1 heterocycles. The molecule has 0 aliphatic carbocycles. The van der Waals surface area contributed by atoms with E-state index in [2.05, 4.69) is 0 Å². The fraction of sp³-hybridized carbons (Fsp3) is 0.158. The van der Waals surface area contributed by atoms with Crippen LogP contribution in [0.4, 0.5) is 4.79 Å². The van der Waals surface area contributed by atoms with Crippen LogP contribution in [0.1, 0.15) is 17.2 Å². The van der Waals surface area contributed by atoms with Crippen molar-refractivity contribution >= 4 is 18.1 Å². The average Bonchev–Trinajstić information content (AvgIpc) is 3.03. The van der Waals surface area contributed by atoms with Crippen LogP contribution in [-0.4, -0.2) is 35.7 Å². The van der Waals surface area contributed by atoms with Gasteiger partial charge in [0.15, 0.2) is 11.5 Å². The zero-order chi connectivity index (χ0) is 17.8. The van der Waals surface area contributed by atoms with Gasteiger partial charge in [0, 0.05) is 6.08 Å². The topological polar surface area (TPSA) is 76.1 Å². The van der Waals surface area contributed by atoms with Gasteiger partial charge in [-0.2, -0.15) is 0 Å². The van der Waals surface area contributed by atoms with Gasteiger partial charge in [-0.05, 0) is 29.3 Å². The van der Waals surface area contributed by atoms with Crippen LogP contribution in [-0.2, 0) is 9.53 Å². The number of rotatable bonds is 4. The molecule has 2 aromatic carbocycles. The van der Waals surface area contributed by atoms with Gasteiger partial charge in [0.2, 0.25) is 0 Å². The zero-order valence-corrected chi connectivity index (χ0v) is 13.6. The number of hydrogen-bond acceptors (Lipinski definition) is 5. The number of methoxy groups -OCH3 is 1. The largest absolute Gasteiger partial charge is 0.504 e. The van der Waals surface area contributed by atoms with Gasteiger partial charge < -0.3 is 14.6 Å². The summed E-state index contributed by atoms with van der Waals surface area (Å²) < 4.78 is 10.1. The number of hydrogen-bond donors (Lipinski definition) is 1. The molecule has 1 saturated heterocycles. The van der Waals surface area contributed by atoms with Crippen LogP contribution < -0.4 is 4.74 Å². The first-order chi connectivity index (χ1) is 12.1. The van der Waals surface area contributed by atoms with E-state index in [0.717, 1.165) is 10.5 Å². The lowest BCUT2D eigenvalue weighted by molar-refractivity contribution is -0.124. The number of carbonyl (C=O) groups is 2. The fourth-order valence-corrected chi connectivity index (χ4v) is 2.63. The summed E-state index contributed by atoms with van der Waals surface area (Å²) in [7, 11) is 1.44. The van der Waals surface area contributed by atoms with Crippen LogP contribution >= 0.6 is 0 Å². The predicted octanol–water partition coefficient (Wildman–Crippen LogP) is 3.13. The molecule has 3 rings (SSSR count). The highest BCUT2D eigenvalue weighted by Crippen LogP contribution is 2.29. The van der Waals surface area contributed by atoms with E-state index in [1.54, 1.807) is 18.2 Å². The highest BCUT2D eigenvalue weighted by atomic mass is 16.6. The van der Waals surface area contributed by atoms with E-state index in [9.17, 15) is 14.7 Å². The number of imide groups is 1. The molecule has 0 bridgehead atoms. The minimum absolute atomic E-state index is 0.0123. The van der Waals surface area contributed by atoms with Crippen molar-refractivity contribution in [3.05, 3.63) is 65.7 Å². The second-order valence-electron chi connectivity index (χ2n) is 5.48. The van der Waals surface area contributed by atoms with Crippen molar-refractivity contribution < 1.29 is 24.2 Å². The van der Waals surface area contributed by atoms with E-state index in [1.807, 2.05) is 30.3 Å². The number of nitrogens with zero attached hydrogens (tertiary/aromatic N) is 1. The first-order valence-corrected chi connectivity index (χ1v) is 7.70. The minimum atomic E-state index is -0.660. The molecule has 128 valence electrons. The molecule has 6 heteroatoms. The van der Waals surface area contributed by atoms with Gasteiger partial charge >= 0.3 is 6.09 Å². The molecule has 0 saturated carbocycles. The standard InChI is InChI=1S/C19H17NO5/c1-24-17-11-13(7-9-16(17)21)8-10-18(22)20-15(12-25-19(20)23)14-5-3-2-4-6-14/h2-11,15,21H,12H2,1H3/b10-8+/t15-/m0/s1. The van der Waals surface area contributed by atoms with E-state index >= 15 is 0 Å². The maximum Gasteiger partial charge on any atom is 0.417 e. The maximum atomic E-state index is 12.5. The van der Waals surface area contributed by atoms with Gasteiger partial charge in [-0.1, -0.05) is 36.4 Å². The Morgan fingerprint density at radius 1 is 1.28 bits per heavy atom. The van der Waals surface area contributed by atoms with E-state index in [1.165, 1.54) is 19.3 Å². The van der Waals surface area contributed by atoms with Gasteiger partial charge in [-0.25, -0.2) is 9.69 Å². The van der Waals surface area contributed by atoms with Crippen molar-refractivity contribution in [2.45, 2.75) is 6.04 Å². The average molecular weight is 339 g/mol. The molecular weight excluding hydrogens is 322 g/mol. The summed E-state index contributed by atoms with van der Waals surface area (Å²) in [6, 6.07) is 13.5. The third-order valence-corrected chi connectivity index (χ3v) is 3.92. The summed E-state index contributed by atoms with van der Waals surface area (Å²) >= 11 is 0. The van der Waals surface area contributed by atoms with E-state index < -0.39 is 18.0 Å². The second kappa shape index (κ2) is 7.09. The highest BCUT2D eigenvalue weighted by Gasteiger charge is 2.37. The predicted molar refractivity (Wildman–Crippen MR) is 91.1 cm³/mol. The maximum absolute atomic E-state index is 12.5. The van der Waals surface area contributed by atoms with Crippen LogP contribution in [0.2, 0.25) is 0 Å². The van der Waals surface area contributed by atoms with Crippen molar-refractivity contribution in [3.8, 4) is 11.5 Å². The normalized spacial score (nSPS) is 16.9. The summed E-state index contributed by atoms with van der Waals surface area (Å²) in [4.78, 5) is 25.5. The molecule has 2 aromatic rings. The van der Waals surface area contributed by atoms with Crippen LogP contribution in [0.5, 0.6) is 11.5 Å². The van der Waals surface area contributed by atoms with Crippen LogP contribution in [0, 0.1) is 0 Å². The summed E-state index contributed by atoms with van der Waals surface area (Å²) in [6.07, 6.45) is 2.19. The molecular formula is C19H17NO5. The third kappa shape index (κ3) is 3.47. The smallest absolute Gasteiger partial charge is 0.417 e. The quantitative estimate of drug-likeness (QED) is 0.866. The van der Waals surface area contributed by atoms with E-state index in [-0.39, 0.29) is 12.4 Å². The monoisotopic (exact) mass is 339 g/mol. The molecule has 1 N–H and O–H groups in total. The van der Waals surface area contributed by atoms with Gasteiger partial charge in [-0.15, -0.1) is 0 Å². The number of carbonyl (C=O) groups excluding carboxylic acids is 2. The number of cyclic esters (lactones) is 1. The number of phenolic OH excluding ortho intramolecular Hbond substituents is 1. The number of ether oxygens (including phenoxy) is 2. The Hall–Kier alpha value is -3.28. The summed E-state index contributed by atoms with van der Waals surface area (Å²) in [6.45, 7) is 0.134. The Kier molecular flexibility index (Phi) is 4.70. The Balaban J connectivity index is 1.80. The van der Waals surface area contributed by atoms with Crippen molar-refractivity contribution in [3.63, 3.8) is 0 Å². The third-order valence-electron chi connectivity index (χ3n) is 3.92. The van der Waals surface area contributed by atoms with Crippen LogP contribution in [0.15, 0.2) is 54.6 Å². The molecule has 1 aliphatic heterocycles. The first-order valence-electron chi connectivity index (χ1n) is 7.70. The number of amides is 2. The summed E-state index contributed by atoms with van der Waals surface area (Å²) in [5, 5.41) is 9.60. The molecule has 25 heavy (non-hydrogen) atoms. The molecule has 6 nitrogen and oxygen atoms in total. The van der Waals surface area contributed by atoms with Crippen molar-refractivity contribution in [1.29, 1.82) is 0 Å². The Labute approximate surface area is 144 Å². The zero-order valence-electron chi connectivity index (χ0n) is 13.6. The molecule has 1 atom stereocenters. The van der Waals surface area contributed by atoms with E-state index in [0.29, 0.717) is 11.3 Å². The van der Waals surface area contributed by atoms with Gasteiger partial charge in [0.1, 0.15) is 12.6 Å². The summed E-state index contributed by atoms with van der Waals surface area (Å²) in [5.41, 5.74) is 1.49. The highest BCUT2D eigenvalue weighted by molar-refractivity contribution is 6.02. The Bertz CT molecular complexity index is 816. The van der Waals surface area contributed by atoms with Crippen molar-refractivity contribution in [2.75, 3.05) is 13.7 Å². The number of benzene rings is 2. The van der Waals surface area contributed by atoms with Gasteiger partial charge in [0.05, 0.1) is 7.11 Å². The van der Waals surface area contributed by atoms with Crippen LogP contribution in [0.25, 0.3) is 6.08 Å². The number of aromatic hydroxyl groups is 1. The Morgan fingerprint density at radius 3 is 2.76 bits per heavy atom. The molecule has 1 fully saturated rings. The fourth-order valence-electron chi connectivity index (χ4n) is 2.63. The minimum Gasteiger partial charge on any atom is -0.504 e. The number of phenols is 1. The molecule has 0 unspecified atom stereocenters. The molecule has 0 radical (unpaired) electrons. The lowest BCUT2D eigenvalue weighted by atomic mass is 10.1. The Morgan fingerprint density at radius 2 is 2.04 bits per heavy atom. The first kappa shape index (κ1) is 16.6. The molecule has 1 aliphatic rings. The lowest BCUT2D eigenvalue weighted by Crippen LogP contribution is -2.32. The lowest BCUT2D eigenvalue weighted by Gasteiger charge is -2.18. The molecule has 0 spiro atoms. The SMILES string of the molecule is COc1cc(/C=C/C(=O)N2C(=O)OC[C@H]2c2ccccc2)ccc1O. The summed E-state index contributed by atoms with van der Waals surface area (Å²) in [5.74, 6) is -0.154. The van der Waals surface area contributed by atoms with Gasteiger partial charge in [0.25, 0.3) is 5.91 Å². The van der Waals surface area contributed by atoms with E-state index in [4.69, 9.17) is 9.47 Å².